The molecule has 2 rings (SSSR count). The van der Waals surface area contributed by atoms with Gasteiger partial charge >= 0.3 is 5.97 Å². The highest BCUT2D eigenvalue weighted by Gasteiger charge is 2.21. The molecule has 2 aromatic rings. The number of aromatic nitrogens is 2. The van der Waals surface area contributed by atoms with Gasteiger partial charge in [-0.3, -0.25) is 4.57 Å². The molecule has 0 amide bonds. The number of rotatable bonds is 8. The van der Waals surface area contributed by atoms with Crippen molar-refractivity contribution in [3.05, 3.63) is 30.6 Å². The first-order chi connectivity index (χ1) is 9.74. The molecule has 0 radical (unpaired) electrons. The standard InChI is InChI=1S/C15H20N2O3/c1-2-3-4-7-10-20-14(15(18)19)17-11-16-12-8-5-6-9-13(12)17/h5-6,8-9,11,14H,2-4,7,10H2,1H3,(H,18,19). The Morgan fingerprint density at radius 2 is 2.15 bits per heavy atom. The number of benzene rings is 1. The van der Waals surface area contributed by atoms with Crippen LogP contribution in [-0.4, -0.2) is 27.2 Å². The summed E-state index contributed by atoms with van der Waals surface area (Å²) in [5.74, 6) is -0.997. The molecule has 1 heterocycles. The molecule has 5 heteroatoms. The fraction of sp³-hybridized carbons (Fsp3) is 0.467. The quantitative estimate of drug-likeness (QED) is 0.752. The molecule has 0 saturated heterocycles. The fourth-order valence-corrected chi connectivity index (χ4v) is 2.16. The number of carboxylic acid groups (broad SMARTS) is 1. The van der Waals surface area contributed by atoms with Crippen LogP contribution in [0.3, 0.4) is 0 Å². The normalized spacial score (nSPS) is 12.7. The van der Waals surface area contributed by atoms with E-state index in [1.807, 2.05) is 24.3 Å². The Morgan fingerprint density at radius 1 is 1.35 bits per heavy atom. The zero-order valence-electron chi connectivity index (χ0n) is 11.7. The third-order valence-electron chi connectivity index (χ3n) is 3.22. The Balaban J connectivity index is 2.07. The minimum absolute atomic E-state index is 0.448. The molecule has 0 aliphatic rings. The first kappa shape index (κ1) is 14.5. The van der Waals surface area contributed by atoms with E-state index >= 15 is 0 Å². The van der Waals surface area contributed by atoms with Gasteiger partial charge in [-0.25, -0.2) is 9.78 Å². The lowest BCUT2D eigenvalue weighted by Crippen LogP contribution is -2.22. The largest absolute Gasteiger partial charge is 0.478 e. The molecule has 20 heavy (non-hydrogen) atoms. The van der Waals surface area contributed by atoms with Crippen molar-refractivity contribution < 1.29 is 14.6 Å². The Kier molecular flexibility index (Phi) is 5.12. The van der Waals surface area contributed by atoms with E-state index in [4.69, 9.17) is 4.74 Å². The summed E-state index contributed by atoms with van der Waals surface area (Å²) in [5.41, 5.74) is 1.54. The minimum Gasteiger partial charge on any atom is -0.478 e. The van der Waals surface area contributed by atoms with Crippen LogP contribution >= 0.6 is 0 Å². The van der Waals surface area contributed by atoms with E-state index in [0.717, 1.165) is 36.7 Å². The Bertz CT molecular complexity index is 565. The molecule has 108 valence electrons. The van der Waals surface area contributed by atoms with E-state index in [0.29, 0.717) is 6.61 Å². The number of ether oxygens (including phenoxy) is 1. The van der Waals surface area contributed by atoms with Crippen LogP contribution in [0.15, 0.2) is 30.6 Å². The van der Waals surface area contributed by atoms with Crippen LogP contribution in [0.1, 0.15) is 38.8 Å². The van der Waals surface area contributed by atoms with Crippen LogP contribution in [0, 0.1) is 0 Å². The number of nitrogens with zero attached hydrogens (tertiary/aromatic N) is 2. The molecule has 0 spiro atoms. The zero-order valence-corrected chi connectivity index (χ0v) is 11.7. The van der Waals surface area contributed by atoms with Crippen molar-refractivity contribution in [2.75, 3.05) is 6.61 Å². The van der Waals surface area contributed by atoms with Gasteiger partial charge in [-0.05, 0) is 18.6 Å². The lowest BCUT2D eigenvalue weighted by atomic mass is 10.2. The SMILES string of the molecule is CCCCCCOC(C(=O)O)n1cnc2ccccc21. The first-order valence-electron chi connectivity index (χ1n) is 7.00. The van der Waals surface area contributed by atoms with Gasteiger partial charge in [-0.2, -0.15) is 0 Å². The molecular formula is C15H20N2O3. The Hall–Kier alpha value is -1.88. The Morgan fingerprint density at radius 3 is 2.90 bits per heavy atom. The summed E-state index contributed by atoms with van der Waals surface area (Å²) in [6, 6.07) is 7.44. The number of carboxylic acids is 1. The van der Waals surface area contributed by atoms with Crippen LogP contribution in [0.5, 0.6) is 0 Å². The third kappa shape index (κ3) is 3.36. The van der Waals surface area contributed by atoms with Crippen molar-refractivity contribution in [1.82, 2.24) is 9.55 Å². The topological polar surface area (TPSA) is 64.3 Å². The molecule has 1 aromatic carbocycles. The molecule has 0 saturated carbocycles. The van der Waals surface area contributed by atoms with Gasteiger partial charge in [0.2, 0.25) is 6.23 Å². The van der Waals surface area contributed by atoms with Gasteiger partial charge in [0.1, 0.15) is 0 Å². The number of carbonyl (C=O) groups is 1. The highest BCUT2D eigenvalue weighted by atomic mass is 16.5. The second-order valence-corrected chi connectivity index (χ2v) is 4.76. The molecule has 1 N–H and O–H groups in total. The van der Waals surface area contributed by atoms with Gasteiger partial charge in [-0.15, -0.1) is 0 Å². The summed E-state index contributed by atoms with van der Waals surface area (Å²) < 4.78 is 7.09. The number of imidazole rings is 1. The molecule has 0 fully saturated rings. The lowest BCUT2D eigenvalue weighted by Gasteiger charge is -2.15. The number of hydrogen-bond acceptors (Lipinski definition) is 3. The molecule has 0 aliphatic heterocycles. The van der Waals surface area contributed by atoms with Crippen molar-refractivity contribution in [2.24, 2.45) is 0 Å². The number of fused-ring (bicyclic) bond motifs is 1. The minimum atomic E-state index is -1.01. The van der Waals surface area contributed by atoms with Crippen molar-refractivity contribution in [1.29, 1.82) is 0 Å². The smallest absolute Gasteiger partial charge is 0.354 e. The number of unbranched alkanes of at least 4 members (excludes halogenated alkanes) is 3. The summed E-state index contributed by atoms with van der Waals surface area (Å²) in [6.45, 7) is 2.59. The van der Waals surface area contributed by atoms with Gasteiger partial charge in [-0.1, -0.05) is 38.3 Å². The second-order valence-electron chi connectivity index (χ2n) is 4.76. The van der Waals surface area contributed by atoms with Gasteiger partial charge in [0.25, 0.3) is 0 Å². The van der Waals surface area contributed by atoms with Crippen molar-refractivity contribution in [3.63, 3.8) is 0 Å². The van der Waals surface area contributed by atoms with E-state index in [-0.39, 0.29) is 0 Å². The van der Waals surface area contributed by atoms with E-state index in [1.165, 1.54) is 6.33 Å². The van der Waals surface area contributed by atoms with Gasteiger partial charge < -0.3 is 9.84 Å². The predicted molar refractivity (Wildman–Crippen MR) is 76.5 cm³/mol. The average Bonchev–Trinajstić information content (AvgIpc) is 2.86. The molecule has 5 nitrogen and oxygen atoms in total. The van der Waals surface area contributed by atoms with Gasteiger partial charge in [0.15, 0.2) is 0 Å². The number of hydrogen-bond donors (Lipinski definition) is 1. The number of aliphatic carboxylic acids is 1. The molecule has 0 bridgehead atoms. The van der Waals surface area contributed by atoms with E-state index in [9.17, 15) is 9.90 Å². The van der Waals surface area contributed by atoms with Gasteiger partial charge in [0.05, 0.1) is 17.4 Å². The Labute approximate surface area is 118 Å². The maximum atomic E-state index is 11.4. The molecule has 0 aliphatic carbocycles. The van der Waals surface area contributed by atoms with Crippen LogP contribution in [-0.2, 0) is 9.53 Å². The maximum Gasteiger partial charge on any atom is 0.354 e. The second kappa shape index (κ2) is 7.05. The summed E-state index contributed by atoms with van der Waals surface area (Å²) in [5, 5.41) is 9.33. The average molecular weight is 276 g/mol. The summed E-state index contributed by atoms with van der Waals surface area (Å²) in [7, 11) is 0. The van der Waals surface area contributed by atoms with Crippen molar-refractivity contribution >= 4 is 17.0 Å². The third-order valence-corrected chi connectivity index (χ3v) is 3.22. The van der Waals surface area contributed by atoms with Crippen LogP contribution < -0.4 is 0 Å². The van der Waals surface area contributed by atoms with Crippen molar-refractivity contribution in [3.8, 4) is 0 Å². The molecule has 1 unspecified atom stereocenters. The lowest BCUT2D eigenvalue weighted by molar-refractivity contribution is -0.157. The number of para-hydroxylation sites is 2. The first-order valence-corrected chi connectivity index (χ1v) is 7.00. The van der Waals surface area contributed by atoms with E-state index < -0.39 is 12.2 Å². The van der Waals surface area contributed by atoms with Crippen LogP contribution in [0.25, 0.3) is 11.0 Å². The summed E-state index contributed by atoms with van der Waals surface area (Å²) in [4.78, 5) is 15.6. The van der Waals surface area contributed by atoms with E-state index in [2.05, 4.69) is 11.9 Å². The fourth-order valence-electron chi connectivity index (χ4n) is 2.16. The van der Waals surface area contributed by atoms with Gasteiger partial charge in [0, 0.05) is 6.61 Å². The summed E-state index contributed by atoms with van der Waals surface area (Å²) in [6.07, 6.45) is 4.75. The molecular weight excluding hydrogens is 256 g/mol. The zero-order chi connectivity index (χ0) is 14.4. The van der Waals surface area contributed by atoms with Crippen molar-refractivity contribution in [2.45, 2.75) is 38.8 Å². The molecule has 1 aromatic heterocycles. The highest BCUT2D eigenvalue weighted by molar-refractivity contribution is 5.78. The van der Waals surface area contributed by atoms with E-state index in [1.54, 1.807) is 4.57 Å². The predicted octanol–water partition coefficient (Wildman–Crippen LogP) is 3.22. The molecule has 1 atom stereocenters. The van der Waals surface area contributed by atoms with Crippen LogP contribution in [0.2, 0.25) is 0 Å². The van der Waals surface area contributed by atoms with Crippen LogP contribution in [0.4, 0.5) is 0 Å². The maximum absolute atomic E-state index is 11.4. The highest BCUT2D eigenvalue weighted by Crippen LogP contribution is 2.19. The summed E-state index contributed by atoms with van der Waals surface area (Å²) >= 11 is 0. The monoisotopic (exact) mass is 276 g/mol.